The minimum atomic E-state index is 0.0438. The molecule has 16 aromatic carbocycles. The number of para-hydroxylation sites is 13. The second-order valence-electron chi connectivity index (χ2n) is 39.0. The summed E-state index contributed by atoms with van der Waals surface area (Å²) < 4.78 is 26.4. The number of aromatic nitrogens is 11. The Labute approximate surface area is 782 Å². The van der Waals surface area contributed by atoms with Crippen molar-refractivity contribution in [3.63, 3.8) is 0 Å². The van der Waals surface area contributed by atoms with Crippen molar-refractivity contribution >= 4 is 109 Å². The number of hydrogen-bond acceptors (Lipinski definition) is 0. The van der Waals surface area contributed by atoms with Crippen molar-refractivity contribution in [2.75, 3.05) is 0 Å². The van der Waals surface area contributed by atoms with Gasteiger partial charge in [0.2, 0.25) is 0 Å². The molecule has 0 spiro atoms. The highest BCUT2D eigenvalue weighted by molar-refractivity contribution is 6.23. The molecule has 11 nitrogen and oxygen atoms in total. The summed E-state index contributed by atoms with van der Waals surface area (Å²) in [7, 11) is 0. The molecule has 0 amide bonds. The molecule has 8 heterocycles. The van der Waals surface area contributed by atoms with Crippen LogP contribution in [-0.2, 0) is 16.2 Å². The summed E-state index contributed by atoms with van der Waals surface area (Å²) in [6.07, 6.45) is 13.3. The van der Waals surface area contributed by atoms with Crippen molar-refractivity contribution in [2.45, 2.75) is 120 Å². The first-order valence-electron chi connectivity index (χ1n) is 46.9. The molecule has 0 N–H and O–H groups in total. The Morgan fingerprint density at radius 3 is 0.821 bits per heavy atom. The van der Waals surface area contributed by atoms with Crippen molar-refractivity contribution in [2.24, 2.45) is 0 Å². The van der Waals surface area contributed by atoms with Crippen molar-refractivity contribution in [1.29, 1.82) is 0 Å². The van der Waals surface area contributed by atoms with Gasteiger partial charge in [0.1, 0.15) is 65.3 Å². The Bertz CT molecular complexity index is 8330. The van der Waals surface area contributed by atoms with Crippen LogP contribution >= 0.6 is 0 Å². The normalized spacial score (nSPS) is 12.1. The van der Waals surface area contributed by atoms with Gasteiger partial charge in [0.15, 0.2) is 17.1 Å². The van der Waals surface area contributed by atoms with E-state index in [0.717, 1.165) is 57.3 Å². The fourth-order valence-corrected chi connectivity index (χ4v) is 22.0. The molecule has 654 valence electrons. The van der Waals surface area contributed by atoms with Gasteiger partial charge in [-0.3, -0.25) is 0 Å². The van der Waals surface area contributed by atoms with Crippen LogP contribution in [0.5, 0.6) is 0 Å². The van der Waals surface area contributed by atoms with Crippen LogP contribution in [0, 0.1) is 41.5 Å². The van der Waals surface area contributed by atoms with Crippen molar-refractivity contribution < 1.29 is 13.7 Å². The first-order valence-corrected chi connectivity index (χ1v) is 46.9. The maximum Gasteiger partial charge on any atom is 0.263 e. The summed E-state index contributed by atoms with van der Waals surface area (Å²) in [6, 6.07) is 130. The summed E-state index contributed by atoms with van der Waals surface area (Å²) in [5.41, 5.74) is 33.0. The molecule has 0 bridgehead atoms. The SMILES string of the molecule is Cc1c(-[n+]2ccn(-c3ccccc3-n3c4ccccc4c4ccccc43)c2C)cccc1C(C)(C)C.Cc1c(-n2cc[n+](-c3c(-n4c5ccccc5c5ccccc54)cccc3-n3c4ccccc4c4ccccc43)c2C)cccc1C(C)(C)C.Cc1c(-n2cc[n+](-c3c4c(cc5c6ccccc6n(-c6ccccc6)c35)c3ccccc3n4-c3ccccc3)c2C)cccc1C(C)(C)C. The molecule has 0 saturated heterocycles. The zero-order valence-electron chi connectivity index (χ0n) is 78.9. The lowest BCUT2D eigenvalue weighted by Crippen LogP contribution is -2.35. The Morgan fingerprint density at radius 1 is 0.201 bits per heavy atom. The molecule has 134 heavy (non-hydrogen) atoms. The van der Waals surface area contributed by atoms with E-state index < -0.39 is 0 Å². The van der Waals surface area contributed by atoms with Crippen molar-refractivity contribution in [3.05, 3.63) is 446 Å². The third-order valence-electron chi connectivity index (χ3n) is 28.0. The molecule has 0 saturated carbocycles. The molecule has 0 aliphatic carbocycles. The Kier molecular flexibility index (Phi) is 20.4. The summed E-state index contributed by atoms with van der Waals surface area (Å²) in [5, 5.41) is 12.5. The topological polar surface area (TPSA) is 51.1 Å². The lowest BCUT2D eigenvalue weighted by Gasteiger charge is -2.22. The van der Waals surface area contributed by atoms with Gasteiger partial charge in [0.05, 0.1) is 61.2 Å². The third kappa shape index (κ3) is 13.6. The molecule has 0 aliphatic rings. The summed E-state index contributed by atoms with van der Waals surface area (Å²) in [4.78, 5) is 0. The molecule has 24 rings (SSSR count). The Balaban J connectivity index is 0.000000119. The quantitative estimate of drug-likeness (QED) is 0.116. The highest BCUT2D eigenvalue weighted by atomic mass is 15.2. The van der Waals surface area contributed by atoms with E-state index in [0.29, 0.717) is 0 Å². The van der Waals surface area contributed by atoms with Crippen LogP contribution < -0.4 is 13.7 Å². The van der Waals surface area contributed by atoms with Crippen LogP contribution in [0.3, 0.4) is 0 Å². The number of hydrogen-bond donors (Lipinski definition) is 0. The fraction of sp³-hybridized carbons (Fsp3) is 0.146. The smallest absolute Gasteiger partial charge is 0.263 e. The lowest BCUT2D eigenvalue weighted by molar-refractivity contribution is -0.602. The fourth-order valence-electron chi connectivity index (χ4n) is 22.0. The van der Waals surface area contributed by atoms with E-state index in [1.807, 2.05) is 0 Å². The predicted molar refractivity (Wildman–Crippen MR) is 558 cm³/mol. The zero-order chi connectivity index (χ0) is 91.9. The van der Waals surface area contributed by atoms with Crippen LogP contribution in [0.2, 0.25) is 0 Å². The highest BCUT2D eigenvalue weighted by Crippen LogP contribution is 2.46. The molecule has 11 heteroatoms. The van der Waals surface area contributed by atoms with Gasteiger partial charge in [-0.05, 0) is 192 Å². The van der Waals surface area contributed by atoms with E-state index in [1.165, 1.54) is 165 Å². The maximum atomic E-state index is 2.46. The lowest BCUT2D eigenvalue weighted by atomic mass is 9.83. The number of rotatable bonds is 11. The largest absolute Gasteiger partial charge is 0.305 e. The Morgan fingerprint density at radius 2 is 0.455 bits per heavy atom. The monoisotopic (exact) mass is 1740 g/mol. The number of nitrogens with zero attached hydrogens (tertiary/aromatic N) is 11. The van der Waals surface area contributed by atoms with Crippen molar-refractivity contribution in [1.82, 2.24) is 36.5 Å². The van der Waals surface area contributed by atoms with Crippen LogP contribution in [0.4, 0.5) is 0 Å². The number of fused-ring (bicyclic) bond motifs is 15. The van der Waals surface area contributed by atoms with Gasteiger partial charge in [0.25, 0.3) is 17.5 Å². The second-order valence-corrected chi connectivity index (χ2v) is 39.0. The molecule has 8 aromatic heterocycles. The van der Waals surface area contributed by atoms with E-state index in [1.54, 1.807) is 0 Å². The highest BCUT2D eigenvalue weighted by Gasteiger charge is 2.35. The second kappa shape index (κ2) is 32.6. The van der Waals surface area contributed by atoms with Crippen molar-refractivity contribution in [3.8, 4) is 62.6 Å². The van der Waals surface area contributed by atoms with Gasteiger partial charge < -0.3 is 22.8 Å². The standard InChI is InChI=1S/2C45H39N4.C33H32N3/c1-30-36(45(3,4)5)20-14-25-37(30)46-28-29-47(31(46)2)44-42(48-38-21-10-6-16-32(38)33-17-7-11-22-39(33)48)26-15-27-43(44)49-40-23-12-8-18-34(40)35-19-9-13-24-41(35)49;1-30-38(45(3,4)5)23-16-26-39(30)46-27-28-47(31(46)2)44-42-36(34-21-12-14-24-40(34)48(42)32-17-8-6-9-18-32)29-37-35-22-13-15-25-41(35)49(43(37)44)33-19-10-7-11-20-33;1-23-27(33(3,4)5)15-12-20-28(23)34-21-22-35(24(34)2)31-18-10-11-19-32(31)36-29-16-8-6-13-25(29)26-14-7-9-17-30(26)36/h2*6-29H,1-5H3;6-22H,1-5H3/q3*+1. The van der Waals surface area contributed by atoms with E-state index in [2.05, 4.69) is 549 Å². The zero-order valence-corrected chi connectivity index (χ0v) is 78.9. The van der Waals surface area contributed by atoms with Gasteiger partial charge in [-0.2, -0.15) is 27.4 Å². The first-order chi connectivity index (χ1) is 65.0. The van der Waals surface area contributed by atoms with Crippen LogP contribution in [0.15, 0.2) is 395 Å². The van der Waals surface area contributed by atoms with E-state index in [-0.39, 0.29) is 16.2 Å². The van der Waals surface area contributed by atoms with Gasteiger partial charge in [-0.1, -0.05) is 299 Å². The van der Waals surface area contributed by atoms with Crippen LogP contribution in [0.1, 0.15) is 113 Å². The average molecular weight is 1740 g/mol. The van der Waals surface area contributed by atoms with Crippen LogP contribution in [-0.4, -0.2) is 36.5 Å². The van der Waals surface area contributed by atoms with E-state index >= 15 is 0 Å². The number of imidazole rings is 3. The Hall–Kier alpha value is -15.9. The van der Waals surface area contributed by atoms with Gasteiger partial charge in [0, 0.05) is 86.0 Å². The summed E-state index contributed by atoms with van der Waals surface area (Å²) in [5.74, 6) is 3.43. The number of benzene rings is 16. The predicted octanol–water partition coefficient (Wildman–Crippen LogP) is 29.5. The molecule has 0 aliphatic heterocycles. The minimum absolute atomic E-state index is 0.0438. The minimum Gasteiger partial charge on any atom is -0.305 e. The van der Waals surface area contributed by atoms with Gasteiger partial charge in [-0.25, -0.2) is 0 Å². The molecular weight excluding hydrogens is 1630 g/mol. The van der Waals surface area contributed by atoms with Gasteiger partial charge >= 0.3 is 0 Å². The third-order valence-corrected chi connectivity index (χ3v) is 28.0. The molecule has 0 atom stereocenters. The summed E-state index contributed by atoms with van der Waals surface area (Å²) in [6.45, 7) is 34.1. The molecule has 0 fully saturated rings. The molecule has 24 aromatic rings. The molecule has 0 unspecified atom stereocenters. The molecular formula is C123H110N11+3. The first kappa shape index (κ1) is 83.7. The summed E-state index contributed by atoms with van der Waals surface area (Å²) >= 11 is 0. The van der Waals surface area contributed by atoms with E-state index in [9.17, 15) is 0 Å². The van der Waals surface area contributed by atoms with Crippen LogP contribution in [0.25, 0.3) is 172 Å². The maximum absolute atomic E-state index is 2.46. The van der Waals surface area contributed by atoms with Gasteiger partial charge in [-0.15, -0.1) is 0 Å². The van der Waals surface area contributed by atoms with E-state index in [4.69, 9.17) is 0 Å². The average Bonchev–Trinajstić information content (AvgIpc) is 1.50. The molecule has 0 radical (unpaired) electrons.